The summed E-state index contributed by atoms with van der Waals surface area (Å²) in [6.07, 6.45) is -0.305. The number of benzene rings is 1. The molecule has 2 fully saturated rings. The molecule has 1 aliphatic carbocycles. The number of hydrogen-bond donors (Lipinski definition) is 2. The van der Waals surface area contributed by atoms with E-state index in [2.05, 4.69) is 20.0 Å². The van der Waals surface area contributed by atoms with Gasteiger partial charge < -0.3 is 19.9 Å². The molecule has 6 rings (SSSR count). The normalized spacial score (nSPS) is 22.5. The van der Waals surface area contributed by atoms with Gasteiger partial charge in [-0.2, -0.15) is 0 Å². The molecule has 2 unspecified atom stereocenters. The summed E-state index contributed by atoms with van der Waals surface area (Å²) < 4.78 is 56.3. The predicted octanol–water partition coefficient (Wildman–Crippen LogP) is 4.87. The highest BCUT2D eigenvalue weighted by Crippen LogP contribution is 2.46. The van der Waals surface area contributed by atoms with Crippen molar-refractivity contribution in [3.05, 3.63) is 58.7 Å². The number of ether oxygens (including phenoxy) is 1. The number of hydrogen-bond acceptors (Lipinski definition) is 4. The summed E-state index contributed by atoms with van der Waals surface area (Å²) >= 11 is 0. The standard InChI is InChI=1S/C26H26F4N4O2/c27-20-13-32-24-22(19-11-16-12-31-8-5-18(16)23(19)33-24)21(20)14-6-9-34(10-7-14)25(35)15-1-3-17(4-2-15)36-26(28,29)30/h1-4,13-14,16,18,31H,5-12H2,(H,32,33). The van der Waals surface area contributed by atoms with Crippen molar-refractivity contribution in [2.75, 3.05) is 26.2 Å². The zero-order valence-electron chi connectivity index (χ0n) is 19.5. The van der Waals surface area contributed by atoms with E-state index in [1.54, 1.807) is 4.90 Å². The Morgan fingerprint density at radius 2 is 1.86 bits per heavy atom. The summed E-state index contributed by atoms with van der Waals surface area (Å²) in [5.74, 6) is 0.00723. The Hall–Kier alpha value is -3.14. The zero-order chi connectivity index (χ0) is 25.0. The Morgan fingerprint density at radius 1 is 1.11 bits per heavy atom. The third kappa shape index (κ3) is 4.11. The van der Waals surface area contributed by atoms with Crippen molar-refractivity contribution in [3.63, 3.8) is 0 Å². The highest BCUT2D eigenvalue weighted by atomic mass is 19.4. The van der Waals surface area contributed by atoms with Gasteiger partial charge in [0.15, 0.2) is 0 Å². The fourth-order valence-corrected chi connectivity index (χ4v) is 6.30. The molecule has 1 amide bonds. The number of fused-ring (bicyclic) bond motifs is 5. The molecule has 1 aromatic carbocycles. The summed E-state index contributed by atoms with van der Waals surface area (Å²) in [7, 11) is 0. The minimum atomic E-state index is -4.78. The van der Waals surface area contributed by atoms with Crippen molar-refractivity contribution in [2.45, 2.75) is 43.9 Å². The number of alkyl halides is 3. The van der Waals surface area contributed by atoms with E-state index in [0.29, 0.717) is 48.9 Å². The van der Waals surface area contributed by atoms with Gasteiger partial charge in [0.05, 0.1) is 6.20 Å². The van der Waals surface area contributed by atoms with Crippen LogP contribution < -0.4 is 10.1 Å². The molecule has 36 heavy (non-hydrogen) atoms. The number of halogens is 4. The summed E-state index contributed by atoms with van der Waals surface area (Å²) in [4.78, 5) is 22.5. The third-order valence-corrected chi connectivity index (χ3v) is 7.92. The van der Waals surface area contributed by atoms with Crippen molar-refractivity contribution in [1.82, 2.24) is 20.2 Å². The van der Waals surface area contributed by atoms with E-state index in [1.165, 1.54) is 29.6 Å². The van der Waals surface area contributed by atoms with E-state index < -0.39 is 6.36 Å². The monoisotopic (exact) mass is 502 g/mol. The second kappa shape index (κ2) is 8.76. The van der Waals surface area contributed by atoms with Crippen LogP contribution >= 0.6 is 0 Å². The van der Waals surface area contributed by atoms with Crippen LogP contribution in [0.1, 0.15) is 58.3 Å². The van der Waals surface area contributed by atoms with Crippen LogP contribution in [-0.2, 0) is 6.42 Å². The SMILES string of the molecule is O=C(c1ccc(OC(F)(F)F)cc1)N1CCC(c2c(F)cnc3[nH]c4c(c23)CC2CNCCC42)CC1. The first-order chi connectivity index (χ1) is 17.3. The lowest BCUT2D eigenvalue weighted by Crippen LogP contribution is -2.38. The summed E-state index contributed by atoms with van der Waals surface area (Å²) in [5, 5.41) is 4.38. The number of rotatable bonds is 3. The fraction of sp³-hybridized carbons (Fsp3) is 0.462. The van der Waals surface area contributed by atoms with Crippen LogP contribution in [0.4, 0.5) is 17.6 Å². The molecule has 6 nitrogen and oxygen atoms in total. The maximum Gasteiger partial charge on any atom is 0.573 e. The van der Waals surface area contributed by atoms with Crippen LogP contribution in [0, 0.1) is 11.7 Å². The number of nitrogens with one attached hydrogen (secondary N) is 2. The lowest BCUT2D eigenvalue weighted by Gasteiger charge is -2.33. The van der Waals surface area contributed by atoms with Gasteiger partial charge in [-0.25, -0.2) is 9.37 Å². The number of pyridine rings is 1. The number of carbonyl (C=O) groups excluding carboxylic acids is 1. The van der Waals surface area contributed by atoms with Gasteiger partial charge in [-0.15, -0.1) is 13.2 Å². The molecule has 190 valence electrons. The molecule has 10 heteroatoms. The molecule has 2 aliphatic heterocycles. The fourth-order valence-electron chi connectivity index (χ4n) is 6.30. The maximum absolute atomic E-state index is 15.2. The van der Waals surface area contributed by atoms with Crippen LogP contribution in [0.5, 0.6) is 5.75 Å². The molecule has 0 radical (unpaired) electrons. The first-order valence-corrected chi connectivity index (χ1v) is 12.3. The Kier molecular flexibility index (Phi) is 5.66. The lowest BCUT2D eigenvalue weighted by atomic mass is 9.86. The van der Waals surface area contributed by atoms with Gasteiger partial charge in [-0.05, 0) is 80.4 Å². The van der Waals surface area contributed by atoms with Gasteiger partial charge in [0.1, 0.15) is 17.2 Å². The predicted molar refractivity (Wildman–Crippen MR) is 124 cm³/mol. The Balaban J connectivity index is 1.20. The molecule has 0 spiro atoms. The molecule has 3 aliphatic rings. The quantitative estimate of drug-likeness (QED) is 0.502. The van der Waals surface area contributed by atoms with Crippen LogP contribution in [0.3, 0.4) is 0 Å². The second-order valence-electron chi connectivity index (χ2n) is 9.96. The molecule has 2 N–H and O–H groups in total. The van der Waals surface area contributed by atoms with Gasteiger partial charge in [0.25, 0.3) is 5.91 Å². The largest absolute Gasteiger partial charge is 0.573 e. The summed E-state index contributed by atoms with van der Waals surface area (Å²) in [5.41, 5.74) is 4.14. The number of amides is 1. The first-order valence-electron chi connectivity index (χ1n) is 12.3. The molecular weight excluding hydrogens is 476 g/mol. The zero-order valence-corrected chi connectivity index (χ0v) is 19.5. The lowest BCUT2D eigenvalue weighted by molar-refractivity contribution is -0.274. The van der Waals surface area contributed by atoms with Crippen molar-refractivity contribution in [2.24, 2.45) is 5.92 Å². The molecule has 2 atom stereocenters. The van der Waals surface area contributed by atoms with Crippen LogP contribution in [0.2, 0.25) is 0 Å². The number of H-pyrrole nitrogens is 1. The van der Waals surface area contributed by atoms with Crippen LogP contribution in [0.15, 0.2) is 30.5 Å². The molecular formula is C26H26F4N4O2. The summed E-state index contributed by atoms with van der Waals surface area (Å²) in [6, 6.07) is 4.93. The molecule has 0 saturated carbocycles. The maximum atomic E-state index is 15.2. The highest BCUT2D eigenvalue weighted by molar-refractivity contribution is 5.94. The molecule has 0 bridgehead atoms. The van der Waals surface area contributed by atoms with Crippen molar-refractivity contribution < 1.29 is 27.1 Å². The topological polar surface area (TPSA) is 70.2 Å². The summed E-state index contributed by atoms with van der Waals surface area (Å²) in [6.45, 7) is 2.83. The van der Waals surface area contributed by atoms with E-state index in [1.807, 2.05) is 0 Å². The average molecular weight is 503 g/mol. The van der Waals surface area contributed by atoms with E-state index in [4.69, 9.17) is 0 Å². The van der Waals surface area contributed by atoms with E-state index in [9.17, 15) is 18.0 Å². The third-order valence-electron chi connectivity index (χ3n) is 7.92. The Labute approximate surface area is 205 Å². The van der Waals surface area contributed by atoms with Gasteiger partial charge in [-0.1, -0.05) is 0 Å². The minimum Gasteiger partial charge on any atom is -0.406 e. The van der Waals surface area contributed by atoms with Gasteiger partial charge in [0.2, 0.25) is 0 Å². The number of aromatic amines is 1. The number of aromatic nitrogens is 2. The molecule has 4 heterocycles. The molecule has 2 saturated heterocycles. The number of nitrogens with zero attached hydrogens (tertiary/aromatic N) is 2. The van der Waals surface area contributed by atoms with E-state index in [0.717, 1.165) is 49.1 Å². The molecule has 2 aromatic heterocycles. The van der Waals surface area contributed by atoms with Gasteiger partial charge in [0, 0.05) is 41.2 Å². The second-order valence-corrected chi connectivity index (χ2v) is 9.96. The Bertz CT molecular complexity index is 1300. The number of piperidine rings is 2. The molecule has 3 aromatic rings. The number of likely N-dealkylation sites (tertiary alicyclic amines) is 1. The van der Waals surface area contributed by atoms with Crippen molar-refractivity contribution >= 4 is 16.9 Å². The van der Waals surface area contributed by atoms with Crippen LogP contribution in [0.25, 0.3) is 11.0 Å². The average Bonchev–Trinajstić information content (AvgIpc) is 3.40. The smallest absolute Gasteiger partial charge is 0.406 e. The van der Waals surface area contributed by atoms with E-state index >= 15 is 4.39 Å². The van der Waals surface area contributed by atoms with Crippen LogP contribution in [-0.4, -0.2) is 53.3 Å². The minimum absolute atomic E-state index is 0.0391. The van der Waals surface area contributed by atoms with Gasteiger partial charge >= 0.3 is 6.36 Å². The highest BCUT2D eigenvalue weighted by Gasteiger charge is 2.39. The van der Waals surface area contributed by atoms with E-state index in [-0.39, 0.29) is 23.4 Å². The van der Waals surface area contributed by atoms with Gasteiger partial charge in [-0.3, -0.25) is 4.79 Å². The van der Waals surface area contributed by atoms with Crippen molar-refractivity contribution in [1.29, 1.82) is 0 Å². The van der Waals surface area contributed by atoms with Crippen molar-refractivity contribution in [3.8, 4) is 5.75 Å². The first kappa shape index (κ1) is 23.3. The number of carbonyl (C=O) groups is 1. The Morgan fingerprint density at radius 3 is 2.58 bits per heavy atom.